The van der Waals surface area contributed by atoms with Crippen LogP contribution in [0.3, 0.4) is 0 Å². The zero-order valence-electron chi connectivity index (χ0n) is 19.5. The normalized spacial score (nSPS) is 27.7. The third-order valence-electron chi connectivity index (χ3n) is 7.14. The topological polar surface area (TPSA) is 59.1 Å². The summed E-state index contributed by atoms with van der Waals surface area (Å²) in [5.41, 5.74) is 4.46. The van der Waals surface area contributed by atoms with Crippen LogP contribution in [0.15, 0.2) is 42.5 Å². The molecule has 2 aromatic carbocycles. The van der Waals surface area contributed by atoms with Crippen LogP contribution in [0.1, 0.15) is 23.6 Å². The van der Waals surface area contributed by atoms with Gasteiger partial charge in [-0.1, -0.05) is 36.7 Å². The fraction of sp³-hybridized carbons (Fsp3) is 0.440. The number of urea groups is 1. The number of likely N-dealkylation sites (N-methyl/N-ethyl adjacent to an activating group) is 1. The van der Waals surface area contributed by atoms with Crippen molar-refractivity contribution in [3.63, 3.8) is 0 Å². The van der Waals surface area contributed by atoms with Crippen LogP contribution in [-0.4, -0.2) is 65.3 Å². The fourth-order valence-electron chi connectivity index (χ4n) is 5.29. The summed E-state index contributed by atoms with van der Waals surface area (Å²) in [7, 11) is 1.77. The van der Waals surface area contributed by atoms with Gasteiger partial charge in [0.15, 0.2) is 0 Å². The number of rotatable bonds is 3. The minimum atomic E-state index is -0.436. The average molecular weight is 468 g/mol. The maximum absolute atomic E-state index is 13.7. The largest absolute Gasteiger partial charge is 0.343 e. The lowest BCUT2D eigenvalue weighted by molar-refractivity contribution is -0.139. The van der Waals surface area contributed by atoms with Crippen molar-refractivity contribution < 1.29 is 9.59 Å². The number of hydrogen-bond acceptors (Lipinski definition) is 5. The molecule has 1 N–H and O–H groups in total. The van der Waals surface area contributed by atoms with Crippen molar-refractivity contribution >= 4 is 29.2 Å². The van der Waals surface area contributed by atoms with Gasteiger partial charge in [-0.15, -0.1) is 0 Å². The number of fused-ring (bicyclic) bond motifs is 3. The van der Waals surface area contributed by atoms with Crippen LogP contribution in [0.25, 0.3) is 0 Å². The van der Waals surface area contributed by atoms with Crippen LogP contribution in [-0.2, 0) is 11.3 Å². The summed E-state index contributed by atoms with van der Waals surface area (Å²) in [5.74, 6) is 0.215. The van der Waals surface area contributed by atoms with E-state index in [0.717, 1.165) is 24.3 Å². The van der Waals surface area contributed by atoms with Crippen molar-refractivity contribution in [2.75, 3.05) is 25.0 Å². The third kappa shape index (κ3) is 3.78. The van der Waals surface area contributed by atoms with Crippen LogP contribution in [0, 0.1) is 19.8 Å². The number of carbonyl (C=O) groups is 2. The second-order valence-electron chi connectivity index (χ2n) is 9.60. The van der Waals surface area contributed by atoms with E-state index in [1.807, 2.05) is 12.1 Å². The van der Waals surface area contributed by atoms with Crippen LogP contribution in [0.5, 0.6) is 0 Å². The van der Waals surface area contributed by atoms with Crippen LogP contribution in [0.4, 0.5) is 10.5 Å². The molecule has 2 aromatic rings. The SMILES string of the molecule is Cc1ccc(N2CC(C)CN3C4C(=O)N(Cc5cccc(Cl)c5)C(=O)N(C)C4NC23)cc1C. The van der Waals surface area contributed by atoms with E-state index in [1.54, 1.807) is 24.1 Å². The van der Waals surface area contributed by atoms with Gasteiger partial charge in [-0.2, -0.15) is 0 Å². The first-order valence-electron chi connectivity index (χ1n) is 11.4. The molecule has 3 saturated heterocycles. The maximum atomic E-state index is 13.7. The molecule has 8 heteroatoms. The number of carbonyl (C=O) groups excluding carboxylic acids is 2. The number of benzene rings is 2. The standard InChI is InChI=1S/C25H30ClN5O2/c1-15-12-29(20-9-8-16(2)17(3)10-20)24-27-22-21(30(24)13-15)23(32)31(25(33)28(22)4)14-18-6-5-7-19(26)11-18/h5-11,15,21-22,24,27H,12-14H2,1-4H3. The van der Waals surface area contributed by atoms with Crippen molar-refractivity contribution in [2.24, 2.45) is 5.92 Å². The minimum Gasteiger partial charge on any atom is -0.343 e. The third-order valence-corrected chi connectivity index (χ3v) is 7.37. The van der Waals surface area contributed by atoms with Gasteiger partial charge in [0.1, 0.15) is 18.5 Å². The molecule has 7 nitrogen and oxygen atoms in total. The molecule has 4 unspecified atom stereocenters. The average Bonchev–Trinajstić information content (AvgIpc) is 3.16. The van der Waals surface area contributed by atoms with Gasteiger partial charge in [0.05, 0.1) is 6.54 Å². The Balaban J connectivity index is 1.46. The molecule has 0 radical (unpaired) electrons. The summed E-state index contributed by atoms with van der Waals surface area (Å²) in [6.45, 7) is 8.33. The van der Waals surface area contributed by atoms with Gasteiger partial charge < -0.3 is 9.80 Å². The Kier molecular flexibility index (Phi) is 5.59. The molecule has 5 rings (SSSR count). The first-order chi connectivity index (χ1) is 15.7. The molecule has 4 atom stereocenters. The highest BCUT2D eigenvalue weighted by Crippen LogP contribution is 2.35. The van der Waals surface area contributed by atoms with Gasteiger partial charge in [-0.25, -0.2) is 4.79 Å². The molecule has 0 saturated carbocycles. The molecule has 3 amide bonds. The van der Waals surface area contributed by atoms with Gasteiger partial charge in [0.2, 0.25) is 0 Å². The van der Waals surface area contributed by atoms with Crippen LogP contribution in [0.2, 0.25) is 5.02 Å². The van der Waals surface area contributed by atoms with E-state index in [1.165, 1.54) is 16.0 Å². The number of amides is 3. The Hall–Kier alpha value is -2.61. The highest BCUT2D eigenvalue weighted by Gasteiger charge is 2.56. The second-order valence-corrected chi connectivity index (χ2v) is 10.0. The number of aryl methyl sites for hydroxylation is 2. The maximum Gasteiger partial charge on any atom is 0.328 e. The highest BCUT2D eigenvalue weighted by molar-refractivity contribution is 6.30. The molecule has 3 fully saturated rings. The van der Waals surface area contributed by atoms with E-state index in [4.69, 9.17) is 11.6 Å². The molecular formula is C25H30ClN5O2. The summed E-state index contributed by atoms with van der Waals surface area (Å²) in [6, 6.07) is 13.1. The van der Waals surface area contributed by atoms with Crippen molar-refractivity contribution in [1.29, 1.82) is 0 Å². The fourth-order valence-corrected chi connectivity index (χ4v) is 5.50. The van der Waals surface area contributed by atoms with Gasteiger partial charge in [-0.3, -0.25) is 19.9 Å². The van der Waals surface area contributed by atoms with Crippen LogP contribution >= 0.6 is 11.6 Å². The van der Waals surface area contributed by atoms with Gasteiger partial charge in [0.25, 0.3) is 5.91 Å². The Morgan fingerprint density at radius 1 is 1.06 bits per heavy atom. The summed E-state index contributed by atoms with van der Waals surface area (Å²) in [5, 5.41) is 4.18. The first kappa shape index (κ1) is 22.2. The zero-order valence-corrected chi connectivity index (χ0v) is 20.2. The number of hydrogen-bond donors (Lipinski definition) is 1. The minimum absolute atomic E-state index is 0.149. The zero-order chi connectivity index (χ0) is 23.4. The molecule has 174 valence electrons. The summed E-state index contributed by atoms with van der Waals surface area (Å²) < 4.78 is 0. The van der Waals surface area contributed by atoms with Gasteiger partial charge in [-0.05, 0) is 60.7 Å². The van der Waals surface area contributed by atoms with Crippen molar-refractivity contribution in [3.8, 4) is 0 Å². The Morgan fingerprint density at radius 3 is 2.58 bits per heavy atom. The number of nitrogens with zero attached hydrogens (tertiary/aromatic N) is 4. The lowest BCUT2D eigenvalue weighted by Gasteiger charge is -2.46. The van der Waals surface area contributed by atoms with E-state index in [2.05, 4.69) is 54.1 Å². The first-order valence-corrected chi connectivity index (χ1v) is 11.8. The summed E-state index contributed by atoms with van der Waals surface area (Å²) >= 11 is 6.13. The Morgan fingerprint density at radius 2 is 1.85 bits per heavy atom. The smallest absolute Gasteiger partial charge is 0.328 e. The molecule has 0 bridgehead atoms. The Labute approximate surface area is 199 Å². The number of nitrogens with one attached hydrogen (secondary N) is 1. The van der Waals surface area contributed by atoms with Crippen molar-refractivity contribution in [3.05, 3.63) is 64.2 Å². The lowest BCUT2D eigenvalue weighted by Crippen LogP contribution is -2.66. The summed E-state index contributed by atoms with van der Waals surface area (Å²) in [6.07, 6.45) is -0.520. The molecule has 3 aliphatic heterocycles. The van der Waals surface area contributed by atoms with Gasteiger partial charge in [0, 0.05) is 30.8 Å². The van der Waals surface area contributed by atoms with Crippen LogP contribution < -0.4 is 10.2 Å². The lowest BCUT2D eigenvalue weighted by atomic mass is 10.0. The Bertz CT molecular complexity index is 1110. The van der Waals surface area contributed by atoms with Crippen molar-refractivity contribution in [2.45, 2.75) is 45.8 Å². The summed E-state index contributed by atoms with van der Waals surface area (Å²) in [4.78, 5) is 34.5. The van der Waals surface area contributed by atoms with E-state index in [0.29, 0.717) is 10.9 Å². The monoisotopic (exact) mass is 467 g/mol. The molecule has 33 heavy (non-hydrogen) atoms. The molecule has 0 aliphatic carbocycles. The van der Waals surface area contributed by atoms with E-state index >= 15 is 0 Å². The van der Waals surface area contributed by atoms with Gasteiger partial charge >= 0.3 is 6.03 Å². The molecular weight excluding hydrogens is 438 g/mol. The van der Waals surface area contributed by atoms with Crippen molar-refractivity contribution in [1.82, 2.24) is 20.0 Å². The molecule has 0 spiro atoms. The number of imide groups is 1. The molecule has 0 aromatic heterocycles. The number of halogens is 1. The number of anilines is 1. The van der Waals surface area contributed by atoms with E-state index < -0.39 is 6.04 Å². The second kappa shape index (κ2) is 8.31. The predicted octanol–water partition coefficient (Wildman–Crippen LogP) is 3.39. The predicted molar refractivity (Wildman–Crippen MR) is 129 cm³/mol. The van der Waals surface area contributed by atoms with E-state index in [-0.39, 0.29) is 30.9 Å². The molecule has 3 heterocycles. The quantitative estimate of drug-likeness (QED) is 0.749. The molecule has 3 aliphatic rings. The highest BCUT2D eigenvalue weighted by atomic mass is 35.5. The van der Waals surface area contributed by atoms with E-state index in [9.17, 15) is 9.59 Å².